The van der Waals surface area contributed by atoms with Gasteiger partial charge in [-0.1, -0.05) is 24.8 Å². The van der Waals surface area contributed by atoms with Gasteiger partial charge in [-0.05, 0) is 42.8 Å². The normalized spacial score (nSPS) is 10.4. The number of ether oxygens (including phenoxy) is 1. The Hall–Kier alpha value is -1.68. The SMILES string of the molecule is CCCOc1cc(Sc2cccc(F)c2)ccc1N. The highest BCUT2D eigenvalue weighted by molar-refractivity contribution is 7.99. The molecule has 0 fully saturated rings. The van der Waals surface area contributed by atoms with Crippen molar-refractivity contribution in [3.05, 3.63) is 48.3 Å². The third kappa shape index (κ3) is 3.89. The van der Waals surface area contributed by atoms with Crippen molar-refractivity contribution in [3.8, 4) is 5.75 Å². The van der Waals surface area contributed by atoms with Crippen molar-refractivity contribution in [2.45, 2.75) is 23.1 Å². The van der Waals surface area contributed by atoms with Crippen LogP contribution in [0.5, 0.6) is 5.75 Å². The second kappa shape index (κ2) is 6.48. The lowest BCUT2D eigenvalue weighted by Crippen LogP contribution is -1.98. The van der Waals surface area contributed by atoms with E-state index in [0.29, 0.717) is 18.0 Å². The molecule has 100 valence electrons. The molecule has 4 heteroatoms. The molecule has 0 aliphatic heterocycles. The van der Waals surface area contributed by atoms with Gasteiger partial charge in [0.05, 0.1) is 12.3 Å². The van der Waals surface area contributed by atoms with Gasteiger partial charge in [-0.3, -0.25) is 0 Å². The van der Waals surface area contributed by atoms with Gasteiger partial charge >= 0.3 is 0 Å². The molecule has 2 aromatic carbocycles. The maximum Gasteiger partial charge on any atom is 0.143 e. The summed E-state index contributed by atoms with van der Waals surface area (Å²) in [5.41, 5.74) is 6.48. The molecule has 0 aromatic heterocycles. The van der Waals surface area contributed by atoms with E-state index in [-0.39, 0.29) is 5.82 Å². The number of nitrogen functional groups attached to an aromatic ring is 1. The first-order valence-electron chi connectivity index (χ1n) is 6.15. The predicted octanol–water partition coefficient (Wildman–Crippen LogP) is 4.35. The second-order valence-electron chi connectivity index (χ2n) is 4.11. The summed E-state index contributed by atoms with van der Waals surface area (Å²) in [6.07, 6.45) is 0.931. The van der Waals surface area contributed by atoms with Crippen LogP contribution >= 0.6 is 11.8 Å². The highest BCUT2D eigenvalue weighted by atomic mass is 32.2. The molecule has 19 heavy (non-hydrogen) atoms. The monoisotopic (exact) mass is 277 g/mol. The van der Waals surface area contributed by atoms with Crippen LogP contribution in [0.2, 0.25) is 0 Å². The molecular weight excluding hydrogens is 261 g/mol. The molecule has 0 aliphatic carbocycles. The third-order valence-corrected chi connectivity index (χ3v) is 3.46. The fourth-order valence-corrected chi connectivity index (χ4v) is 2.47. The molecule has 0 atom stereocenters. The first kappa shape index (κ1) is 13.7. The highest BCUT2D eigenvalue weighted by Gasteiger charge is 2.04. The summed E-state index contributed by atoms with van der Waals surface area (Å²) in [6, 6.07) is 12.1. The molecule has 0 unspecified atom stereocenters. The summed E-state index contributed by atoms with van der Waals surface area (Å²) >= 11 is 1.48. The number of benzene rings is 2. The van der Waals surface area contributed by atoms with Crippen LogP contribution in [0, 0.1) is 5.82 Å². The average molecular weight is 277 g/mol. The van der Waals surface area contributed by atoms with Gasteiger partial charge in [-0.15, -0.1) is 0 Å². The third-order valence-electron chi connectivity index (χ3n) is 2.48. The van der Waals surface area contributed by atoms with E-state index < -0.39 is 0 Å². The summed E-state index contributed by atoms with van der Waals surface area (Å²) in [7, 11) is 0. The number of halogens is 1. The Morgan fingerprint density at radius 2 is 1.95 bits per heavy atom. The van der Waals surface area contributed by atoms with Crippen LogP contribution in [0.25, 0.3) is 0 Å². The largest absolute Gasteiger partial charge is 0.491 e. The van der Waals surface area contributed by atoms with Gasteiger partial charge in [-0.25, -0.2) is 4.39 Å². The lowest BCUT2D eigenvalue weighted by Gasteiger charge is -2.10. The Kier molecular flexibility index (Phi) is 4.68. The van der Waals surface area contributed by atoms with Gasteiger partial charge in [0.2, 0.25) is 0 Å². The number of anilines is 1. The number of rotatable bonds is 5. The Balaban J connectivity index is 2.16. The zero-order valence-corrected chi connectivity index (χ0v) is 11.5. The number of hydrogen-bond donors (Lipinski definition) is 1. The van der Waals surface area contributed by atoms with Crippen molar-refractivity contribution in [1.29, 1.82) is 0 Å². The fraction of sp³-hybridized carbons (Fsp3) is 0.200. The molecule has 0 bridgehead atoms. The van der Waals surface area contributed by atoms with E-state index in [4.69, 9.17) is 10.5 Å². The van der Waals surface area contributed by atoms with Crippen LogP contribution in [0.1, 0.15) is 13.3 Å². The topological polar surface area (TPSA) is 35.2 Å². The van der Waals surface area contributed by atoms with E-state index in [0.717, 1.165) is 16.2 Å². The van der Waals surface area contributed by atoms with Gasteiger partial charge < -0.3 is 10.5 Å². The Labute approximate surface area is 116 Å². The maximum atomic E-state index is 13.1. The molecule has 0 amide bonds. The molecule has 2 aromatic rings. The Morgan fingerprint density at radius 3 is 2.68 bits per heavy atom. The predicted molar refractivity (Wildman–Crippen MR) is 77.2 cm³/mol. The first-order chi connectivity index (χ1) is 9.19. The van der Waals surface area contributed by atoms with Crippen LogP contribution < -0.4 is 10.5 Å². The molecule has 2 rings (SSSR count). The number of nitrogens with two attached hydrogens (primary N) is 1. The zero-order chi connectivity index (χ0) is 13.7. The van der Waals surface area contributed by atoms with Crippen molar-refractivity contribution in [3.63, 3.8) is 0 Å². The summed E-state index contributed by atoms with van der Waals surface area (Å²) in [6.45, 7) is 2.68. The van der Waals surface area contributed by atoms with Crippen LogP contribution in [-0.2, 0) is 0 Å². The van der Waals surface area contributed by atoms with E-state index in [1.807, 2.05) is 31.2 Å². The van der Waals surface area contributed by atoms with Crippen LogP contribution in [0.3, 0.4) is 0 Å². The minimum atomic E-state index is -0.233. The minimum Gasteiger partial charge on any atom is -0.491 e. The number of hydrogen-bond acceptors (Lipinski definition) is 3. The summed E-state index contributed by atoms with van der Waals surface area (Å²) in [5, 5.41) is 0. The quantitative estimate of drug-likeness (QED) is 0.825. The molecule has 2 nitrogen and oxygen atoms in total. The molecule has 0 saturated carbocycles. The average Bonchev–Trinajstić information content (AvgIpc) is 2.39. The molecule has 0 radical (unpaired) electrons. The second-order valence-corrected chi connectivity index (χ2v) is 5.25. The van der Waals surface area contributed by atoms with Crippen molar-refractivity contribution >= 4 is 17.4 Å². The van der Waals surface area contributed by atoms with E-state index >= 15 is 0 Å². The molecule has 2 N–H and O–H groups in total. The smallest absolute Gasteiger partial charge is 0.143 e. The molecule has 0 aliphatic rings. The van der Waals surface area contributed by atoms with Gasteiger partial charge in [0, 0.05) is 9.79 Å². The molecule has 0 heterocycles. The molecule has 0 spiro atoms. The van der Waals surface area contributed by atoms with Crippen molar-refractivity contribution < 1.29 is 9.13 Å². The summed E-state index contributed by atoms with van der Waals surface area (Å²) < 4.78 is 18.7. The van der Waals surface area contributed by atoms with E-state index in [1.165, 1.54) is 23.9 Å². The fourth-order valence-electron chi connectivity index (χ4n) is 1.58. The van der Waals surface area contributed by atoms with Crippen molar-refractivity contribution in [2.75, 3.05) is 12.3 Å². The van der Waals surface area contributed by atoms with Crippen molar-refractivity contribution in [2.24, 2.45) is 0 Å². The first-order valence-corrected chi connectivity index (χ1v) is 6.96. The van der Waals surface area contributed by atoms with E-state index in [1.54, 1.807) is 6.07 Å². The van der Waals surface area contributed by atoms with Crippen LogP contribution in [0.4, 0.5) is 10.1 Å². The van der Waals surface area contributed by atoms with Gasteiger partial charge in [0.15, 0.2) is 0 Å². The minimum absolute atomic E-state index is 0.233. The van der Waals surface area contributed by atoms with Gasteiger partial charge in [0.25, 0.3) is 0 Å². The Bertz CT molecular complexity index is 560. The summed E-state index contributed by atoms with van der Waals surface area (Å²) in [4.78, 5) is 1.83. The van der Waals surface area contributed by atoms with Gasteiger partial charge in [0.1, 0.15) is 11.6 Å². The lowest BCUT2D eigenvalue weighted by atomic mass is 10.3. The van der Waals surface area contributed by atoms with Crippen LogP contribution in [-0.4, -0.2) is 6.61 Å². The zero-order valence-electron chi connectivity index (χ0n) is 10.7. The highest BCUT2D eigenvalue weighted by Crippen LogP contribution is 2.33. The summed E-state index contributed by atoms with van der Waals surface area (Å²) in [5.74, 6) is 0.450. The molecule has 0 saturated heterocycles. The van der Waals surface area contributed by atoms with E-state index in [2.05, 4.69) is 0 Å². The maximum absolute atomic E-state index is 13.1. The Morgan fingerprint density at radius 1 is 1.16 bits per heavy atom. The van der Waals surface area contributed by atoms with Crippen molar-refractivity contribution in [1.82, 2.24) is 0 Å². The van der Waals surface area contributed by atoms with E-state index in [9.17, 15) is 4.39 Å². The van der Waals surface area contributed by atoms with Gasteiger partial charge in [-0.2, -0.15) is 0 Å². The van der Waals surface area contributed by atoms with Crippen LogP contribution in [0.15, 0.2) is 52.3 Å². The molecular formula is C15H16FNOS. The standard InChI is InChI=1S/C15H16FNOS/c1-2-8-18-15-10-13(6-7-14(15)17)19-12-5-3-4-11(16)9-12/h3-7,9-10H,2,8,17H2,1H3. The lowest BCUT2D eigenvalue weighted by molar-refractivity contribution is 0.318.